The fraction of sp³-hybridized carbons (Fsp3) is 0.364. The van der Waals surface area contributed by atoms with Crippen LogP contribution < -0.4 is 10.6 Å². The first-order valence-corrected chi connectivity index (χ1v) is 10.2. The van der Waals surface area contributed by atoms with Crippen LogP contribution in [0.5, 0.6) is 0 Å². The molecule has 0 bridgehead atoms. The molecule has 9 nitrogen and oxygen atoms in total. The first kappa shape index (κ1) is 22.2. The molecule has 0 saturated heterocycles. The van der Waals surface area contributed by atoms with Gasteiger partial charge in [0.1, 0.15) is 5.82 Å². The molecule has 1 aromatic heterocycles. The van der Waals surface area contributed by atoms with Crippen molar-refractivity contribution in [2.45, 2.75) is 26.4 Å². The minimum Gasteiger partial charge on any atom is -0.383 e. The summed E-state index contributed by atoms with van der Waals surface area (Å²) in [4.78, 5) is 19.6. The standard InChI is InChI=1S/C22H28N6O3/c1-17-26-20-6-3-4-7-21(20)27(17)14-5-12-23-22(24-13-15-31-2)25-16-18-8-10-19(11-9-18)28(29)30/h3-4,6-11H,5,12-16H2,1-2H3,(H2,23,24,25). The summed E-state index contributed by atoms with van der Waals surface area (Å²) < 4.78 is 7.33. The number of aromatic nitrogens is 2. The first-order valence-electron chi connectivity index (χ1n) is 10.2. The average Bonchev–Trinajstić information content (AvgIpc) is 3.09. The predicted molar refractivity (Wildman–Crippen MR) is 121 cm³/mol. The summed E-state index contributed by atoms with van der Waals surface area (Å²) >= 11 is 0. The quantitative estimate of drug-likeness (QED) is 0.170. The van der Waals surface area contributed by atoms with Crippen molar-refractivity contribution in [1.29, 1.82) is 0 Å². The zero-order chi connectivity index (χ0) is 22.1. The van der Waals surface area contributed by atoms with E-state index >= 15 is 0 Å². The number of aliphatic imine (C=N–C) groups is 1. The van der Waals surface area contributed by atoms with Crippen LogP contribution in [-0.4, -0.2) is 47.2 Å². The highest BCUT2D eigenvalue weighted by Gasteiger charge is 2.07. The van der Waals surface area contributed by atoms with Crippen LogP contribution in [0.25, 0.3) is 11.0 Å². The predicted octanol–water partition coefficient (Wildman–Crippen LogP) is 3.02. The summed E-state index contributed by atoms with van der Waals surface area (Å²) in [5, 5.41) is 17.4. The molecular formula is C22H28N6O3. The second kappa shape index (κ2) is 11.1. The van der Waals surface area contributed by atoms with Gasteiger partial charge in [0.2, 0.25) is 0 Å². The summed E-state index contributed by atoms with van der Waals surface area (Å²) in [6.45, 7) is 5.24. The third kappa shape index (κ3) is 6.26. The van der Waals surface area contributed by atoms with E-state index in [1.165, 1.54) is 12.1 Å². The normalized spacial score (nSPS) is 11.6. The maximum absolute atomic E-state index is 10.8. The molecule has 2 aromatic carbocycles. The van der Waals surface area contributed by atoms with Crippen molar-refractivity contribution < 1.29 is 9.66 Å². The van der Waals surface area contributed by atoms with E-state index in [1.54, 1.807) is 19.2 Å². The maximum Gasteiger partial charge on any atom is 0.269 e. The number of benzene rings is 2. The molecule has 1 heterocycles. The van der Waals surface area contributed by atoms with Gasteiger partial charge < -0.3 is 19.9 Å². The Morgan fingerprint density at radius 1 is 1.16 bits per heavy atom. The van der Waals surface area contributed by atoms with Gasteiger partial charge in [0.15, 0.2) is 5.96 Å². The number of nitro groups is 1. The van der Waals surface area contributed by atoms with E-state index in [-0.39, 0.29) is 5.69 Å². The molecule has 3 rings (SSSR count). The number of hydrogen-bond donors (Lipinski definition) is 2. The zero-order valence-electron chi connectivity index (χ0n) is 17.9. The molecule has 0 aliphatic carbocycles. The number of ether oxygens (including phenoxy) is 1. The molecule has 0 radical (unpaired) electrons. The van der Waals surface area contributed by atoms with E-state index in [9.17, 15) is 10.1 Å². The second-order valence-corrected chi connectivity index (χ2v) is 7.09. The average molecular weight is 425 g/mol. The topological polar surface area (TPSA) is 107 Å². The Bertz CT molecular complexity index is 1030. The number of methoxy groups -OCH3 is 1. The molecule has 0 aliphatic heterocycles. The number of nitro benzene ring substituents is 1. The van der Waals surface area contributed by atoms with Crippen LogP contribution in [0.4, 0.5) is 5.69 Å². The highest BCUT2D eigenvalue weighted by atomic mass is 16.6. The number of non-ortho nitro benzene ring substituents is 1. The molecule has 0 amide bonds. The molecule has 0 fully saturated rings. The lowest BCUT2D eigenvalue weighted by molar-refractivity contribution is -0.384. The number of fused-ring (bicyclic) bond motifs is 1. The van der Waals surface area contributed by atoms with E-state index in [1.807, 2.05) is 25.1 Å². The minimum atomic E-state index is -0.405. The Balaban J connectivity index is 1.56. The lowest BCUT2D eigenvalue weighted by Gasteiger charge is -2.13. The van der Waals surface area contributed by atoms with Crippen molar-refractivity contribution in [2.75, 3.05) is 26.8 Å². The Morgan fingerprint density at radius 3 is 2.65 bits per heavy atom. The van der Waals surface area contributed by atoms with Gasteiger partial charge in [-0.25, -0.2) is 9.98 Å². The Labute approximate surface area is 181 Å². The third-order valence-corrected chi connectivity index (χ3v) is 4.86. The smallest absolute Gasteiger partial charge is 0.269 e. The highest BCUT2D eigenvalue weighted by molar-refractivity contribution is 5.79. The Hall–Kier alpha value is -3.46. The van der Waals surface area contributed by atoms with Gasteiger partial charge in [-0.15, -0.1) is 0 Å². The molecule has 0 aliphatic rings. The van der Waals surface area contributed by atoms with Crippen LogP contribution in [0.2, 0.25) is 0 Å². The van der Waals surface area contributed by atoms with Crippen molar-refractivity contribution >= 4 is 22.7 Å². The fourth-order valence-corrected chi connectivity index (χ4v) is 3.26. The first-order chi connectivity index (χ1) is 15.1. The molecular weight excluding hydrogens is 396 g/mol. The third-order valence-electron chi connectivity index (χ3n) is 4.86. The fourth-order valence-electron chi connectivity index (χ4n) is 3.26. The molecule has 164 valence electrons. The molecule has 0 saturated carbocycles. The van der Waals surface area contributed by atoms with Gasteiger partial charge in [0, 0.05) is 38.9 Å². The number of hydrogen-bond acceptors (Lipinski definition) is 5. The van der Waals surface area contributed by atoms with Gasteiger partial charge in [-0.1, -0.05) is 24.3 Å². The number of imidazole rings is 1. The van der Waals surface area contributed by atoms with Gasteiger partial charge in [-0.05, 0) is 31.0 Å². The largest absolute Gasteiger partial charge is 0.383 e. The van der Waals surface area contributed by atoms with E-state index < -0.39 is 4.92 Å². The van der Waals surface area contributed by atoms with Gasteiger partial charge in [-0.3, -0.25) is 10.1 Å². The van der Waals surface area contributed by atoms with Crippen molar-refractivity contribution in [3.05, 3.63) is 70.0 Å². The van der Waals surface area contributed by atoms with Gasteiger partial charge in [0.25, 0.3) is 5.69 Å². The van der Waals surface area contributed by atoms with Crippen LogP contribution in [0, 0.1) is 17.0 Å². The number of nitrogens with zero attached hydrogens (tertiary/aromatic N) is 4. The molecule has 2 N–H and O–H groups in total. The maximum atomic E-state index is 10.8. The summed E-state index contributed by atoms with van der Waals surface area (Å²) in [7, 11) is 1.65. The van der Waals surface area contributed by atoms with Crippen LogP contribution in [0.1, 0.15) is 17.8 Å². The Kier molecular flexibility index (Phi) is 7.94. The minimum absolute atomic E-state index is 0.0756. The molecule has 0 unspecified atom stereocenters. The molecule has 0 atom stereocenters. The van der Waals surface area contributed by atoms with E-state index in [0.717, 1.165) is 41.9 Å². The van der Waals surface area contributed by atoms with Gasteiger partial charge in [0.05, 0.1) is 29.1 Å². The van der Waals surface area contributed by atoms with Crippen molar-refractivity contribution in [2.24, 2.45) is 4.99 Å². The summed E-state index contributed by atoms with van der Waals surface area (Å²) in [6.07, 6.45) is 0.906. The number of aryl methyl sites for hydroxylation is 2. The van der Waals surface area contributed by atoms with Gasteiger partial charge >= 0.3 is 0 Å². The summed E-state index contributed by atoms with van der Waals surface area (Å²) in [5.74, 6) is 1.69. The molecule has 31 heavy (non-hydrogen) atoms. The Morgan fingerprint density at radius 2 is 1.90 bits per heavy atom. The monoisotopic (exact) mass is 424 g/mol. The van der Waals surface area contributed by atoms with E-state index in [0.29, 0.717) is 25.7 Å². The number of para-hydroxylation sites is 2. The molecule has 9 heteroatoms. The highest BCUT2D eigenvalue weighted by Crippen LogP contribution is 2.15. The van der Waals surface area contributed by atoms with Crippen LogP contribution >= 0.6 is 0 Å². The second-order valence-electron chi connectivity index (χ2n) is 7.09. The van der Waals surface area contributed by atoms with Crippen molar-refractivity contribution in [3.63, 3.8) is 0 Å². The summed E-state index contributed by atoms with van der Waals surface area (Å²) in [5.41, 5.74) is 3.13. The van der Waals surface area contributed by atoms with E-state index in [2.05, 4.69) is 31.2 Å². The number of nitrogens with one attached hydrogen (secondary N) is 2. The number of guanidine groups is 1. The number of rotatable bonds is 10. The van der Waals surface area contributed by atoms with Crippen LogP contribution in [0.3, 0.4) is 0 Å². The SMILES string of the molecule is COCCNC(=NCc1ccc([N+](=O)[O-])cc1)NCCCn1c(C)nc2ccccc21. The van der Waals surface area contributed by atoms with Crippen molar-refractivity contribution in [3.8, 4) is 0 Å². The molecule has 0 spiro atoms. The zero-order valence-corrected chi connectivity index (χ0v) is 17.9. The van der Waals surface area contributed by atoms with Crippen LogP contribution in [-0.2, 0) is 17.8 Å². The van der Waals surface area contributed by atoms with Crippen LogP contribution in [0.15, 0.2) is 53.5 Å². The van der Waals surface area contributed by atoms with Gasteiger partial charge in [-0.2, -0.15) is 0 Å². The van der Waals surface area contributed by atoms with E-state index in [4.69, 9.17) is 4.74 Å². The van der Waals surface area contributed by atoms with Crippen molar-refractivity contribution in [1.82, 2.24) is 20.2 Å². The summed E-state index contributed by atoms with van der Waals surface area (Å²) in [6, 6.07) is 14.6. The lowest BCUT2D eigenvalue weighted by Crippen LogP contribution is -2.39. The lowest BCUT2D eigenvalue weighted by atomic mass is 10.2. The molecule has 3 aromatic rings.